The van der Waals surface area contributed by atoms with Gasteiger partial charge in [-0.2, -0.15) is 0 Å². The average molecular weight is 281 g/mol. The summed E-state index contributed by atoms with van der Waals surface area (Å²) in [6.45, 7) is 9.42. The predicted molar refractivity (Wildman–Crippen MR) is 71.5 cm³/mol. The SMILES string of the molecule is CC(C)S(=O)(=O)NCB(O)OC(C)(C)C(C)(C)O. The molecule has 0 aromatic rings. The van der Waals surface area contributed by atoms with Crippen molar-refractivity contribution in [3.63, 3.8) is 0 Å². The number of aliphatic hydroxyl groups is 1. The topological polar surface area (TPSA) is 95.9 Å². The summed E-state index contributed by atoms with van der Waals surface area (Å²) in [4.78, 5) is 0. The minimum absolute atomic E-state index is 0.250. The Kier molecular flexibility index (Phi) is 5.83. The van der Waals surface area contributed by atoms with Crippen molar-refractivity contribution in [1.82, 2.24) is 4.72 Å². The molecule has 0 aliphatic heterocycles. The largest absolute Gasteiger partial charge is 0.470 e. The summed E-state index contributed by atoms with van der Waals surface area (Å²) in [5.41, 5.74) is -2.17. The molecule has 0 spiro atoms. The van der Waals surface area contributed by atoms with Crippen molar-refractivity contribution in [2.45, 2.75) is 58.0 Å². The van der Waals surface area contributed by atoms with E-state index >= 15 is 0 Å². The first kappa shape index (κ1) is 17.9. The number of sulfonamides is 1. The predicted octanol–water partition coefficient (Wildman–Crippen LogP) is -0.100. The lowest BCUT2D eigenvalue weighted by Crippen LogP contribution is -2.53. The molecule has 0 unspecified atom stereocenters. The summed E-state index contributed by atoms with van der Waals surface area (Å²) in [5.74, 6) is 0. The van der Waals surface area contributed by atoms with Gasteiger partial charge in [-0.15, -0.1) is 0 Å². The first-order valence-electron chi connectivity index (χ1n) is 5.86. The molecule has 0 aromatic carbocycles. The molecule has 0 atom stereocenters. The number of hydrogen-bond donors (Lipinski definition) is 3. The normalized spacial score (nSPS) is 14.1. The van der Waals surface area contributed by atoms with Gasteiger partial charge in [-0.25, -0.2) is 13.1 Å². The van der Waals surface area contributed by atoms with E-state index < -0.39 is 33.6 Å². The molecule has 0 bridgehead atoms. The van der Waals surface area contributed by atoms with E-state index in [0.29, 0.717) is 0 Å². The van der Waals surface area contributed by atoms with E-state index in [4.69, 9.17) is 4.65 Å². The highest BCUT2D eigenvalue weighted by molar-refractivity contribution is 7.90. The van der Waals surface area contributed by atoms with Gasteiger partial charge in [-0.05, 0) is 41.5 Å². The number of nitrogens with one attached hydrogen (secondary N) is 1. The van der Waals surface area contributed by atoms with Crippen molar-refractivity contribution < 1.29 is 23.2 Å². The number of rotatable bonds is 7. The molecule has 0 fully saturated rings. The molecule has 0 radical (unpaired) electrons. The molecule has 0 saturated carbocycles. The lowest BCUT2D eigenvalue weighted by atomic mass is 9.83. The van der Waals surface area contributed by atoms with E-state index in [-0.39, 0.29) is 6.44 Å². The highest BCUT2D eigenvalue weighted by atomic mass is 32.2. The van der Waals surface area contributed by atoms with Crippen LogP contribution in [0.5, 0.6) is 0 Å². The van der Waals surface area contributed by atoms with Crippen molar-refractivity contribution >= 4 is 17.1 Å². The van der Waals surface area contributed by atoms with Crippen LogP contribution in [0.2, 0.25) is 0 Å². The second-order valence-electron chi connectivity index (χ2n) is 5.58. The van der Waals surface area contributed by atoms with Gasteiger partial charge in [0.1, 0.15) is 0 Å². The van der Waals surface area contributed by atoms with Gasteiger partial charge in [0.25, 0.3) is 0 Å². The second-order valence-corrected chi connectivity index (χ2v) is 7.91. The first-order chi connectivity index (χ1) is 7.79. The molecule has 108 valence electrons. The van der Waals surface area contributed by atoms with E-state index in [0.717, 1.165) is 0 Å². The van der Waals surface area contributed by atoms with Gasteiger partial charge in [-0.3, -0.25) is 0 Å². The van der Waals surface area contributed by atoms with Crippen LogP contribution in [-0.2, 0) is 14.7 Å². The van der Waals surface area contributed by atoms with Gasteiger partial charge in [0, 0.05) is 6.44 Å². The van der Waals surface area contributed by atoms with E-state index in [9.17, 15) is 18.5 Å². The van der Waals surface area contributed by atoms with Gasteiger partial charge < -0.3 is 14.8 Å². The highest BCUT2D eigenvalue weighted by Crippen LogP contribution is 2.25. The zero-order valence-corrected chi connectivity index (χ0v) is 12.7. The summed E-state index contributed by atoms with van der Waals surface area (Å²) in [7, 11) is -4.76. The zero-order valence-electron chi connectivity index (χ0n) is 11.9. The van der Waals surface area contributed by atoms with E-state index in [1.54, 1.807) is 27.7 Å². The van der Waals surface area contributed by atoms with Crippen LogP contribution in [0.1, 0.15) is 41.5 Å². The Morgan fingerprint density at radius 3 is 2.06 bits per heavy atom. The molecule has 8 heteroatoms. The molecule has 0 rings (SSSR count). The van der Waals surface area contributed by atoms with Gasteiger partial charge >= 0.3 is 7.12 Å². The van der Waals surface area contributed by atoms with Crippen LogP contribution in [0.15, 0.2) is 0 Å². The van der Waals surface area contributed by atoms with Crippen molar-refractivity contribution in [3.8, 4) is 0 Å². The maximum Gasteiger partial charge on any atom is 0.470 e. The Morgan fingerprint density at radius 2 is 1.72 bits per heavy atom. The van der Waals surface area contributed by atoms with Gasteiger partial charge in [0.05, 0.1) is 16.5 Å². The van der Waals surface area contributed by atoms with Crippen LogP contribution in [-0.4, -0.2) is 48.6 Å². The molecule has 0 aliphatic rings. The summed E-state index contributed by atoms with van der Waals surface area (Å²) >= 11 is 0. The first-order valence-corrected chi connectivity index (χ1v) is 7.41. The zero-order chi connectivity index (χ0) is 14.8. The third-order valence-corrected chi connectivity index (χ3v) is 4.79. The van der Waals surface area contributed by atoms with Crippen LogP contribution in [0.4, 0.5) is 0 Å². The molecular formula is C10H24BNO5S. The maximum absolute atomic E-state index is 11.5. The molecule has 0 aromatic heterocycles. The third-order valence-electron chi connectivity index (χ3n) is 2.98. The summed E-state index contributed by atoms with van der Waals surface area (Å²) < 4.78 is 30.4. The van der Waals surface area contributed by atoms with Crippen LogP contribution >= 0.6 is 0 Å². The summed E-state index contributed by atoms with van der Waals surface area (Å²) in [6.07, 6.45) is -0.250. The fourth-order valence-corrected chi connectivity index (χ4v) is 1.59. The molecule has 3 N–H and O–H groups in total. The molecule has 0 saturated heterocycles. The quantitative estimate of drug-likeness (QED) is 0.566. The van der Waals surface area contributed by atoms with Crippen LogP contribution in [0.3, 0.4) is 0 Å². The smallest absolute Gasteiger partial charge is 0.426 e. The minimum Gasteiger partial charge on any atom is -0.426 e. The van der Waals surface area contributed by atoms with Crippen LogP contribution in [0.25, 0.3) is 0 Å². The standard InChI is InChI=1S/C10H24BNO5S/c1-8(2)18(15,16)12-7-11(14)17-10(5,6)9(3,4)13/h8,12-14H,7H2,1-6H3. The molecule has 0 aliphatic carbocycles. The van der Waals surface area contributed by atoms with Gasteiger partial charge in [0.2, 0.25) is 10.0 Å². The van der Waals surface area contributed by atoms with Gasteiger partial charge in [0.15, 0.2) is 0 Å². The lowest BCUT2D eigenvalue weighted by molar-refractivity contribution is -0.0999. The van der Waals surface area contributed by atoms with Crippen molar-refractivity contribution in [1.29, 1.82) is 0 Å². The Morgan fingerprint density at radius 1 is 1.28 bits per heavy atom. The minimum atomic E-state index is -3.44. The Hall–Kier alpha value is -0.145. The highest BCUT2D eigenvalue weighted by Gasteiger charge is 2.39. The monoisotopic (exact) mass is 281 g/mol. The fraction of sp³-hybridized carbons (Fsp3) is 1.00. The van der Waals surface area contributed by atoms with Gasteiger partial charge in [-0.1, -0.05) is 0 Å². The Bertz CT molecular complexity index is 361. The van der Waals surface area contributed by atoms with E-state index in [1.807, 2.05) is 0 Å². The van der Waals surface area contributed by atoms with Crippen molar-refractivity contribution in [2.75, 3.05) is 6.44 Å². The molecule has 6 nitrogen and oxygen atoms in total. The van der Waals surface area contributed by atoms with Crippen molar-refractivity contribution in [2.24, 2.45) is 0 Å². The van der Waals surface area contributed by atoms with Crippen molar-refractivity contribution in [3.05, 3.63) is 0 Å². The summed E-state index contributed by atoms with van der Waals surface area (Å²) in [6, 6.07) is 0. The van der Waals surface area contributed by atoms with E-state index in [2.05, 4.69) is 4.72 Å². The second kappa shape index (κ2) is 5.87. The third kappa shape index (κ3) is 5.23. The maximum atomic E-state index is 11.5. The number of hydrogen-bond acceptors (Lipinski definition) is 5. The molecule has 0 amide bonds. The van der Waals surface area contributed by atoms with Crippen LogP contribution < -0.4 is 4.72 Å². The lowest BCUT2D eigenvalue weighted by Gasteiger charge is -2.38. The van der Waals surface area contributed by atoms with Crippen LogP contribution in [0, 0.1) is 0 Å². The summed E-state index contributed by atoms with van der Waals surface area (Å²) in [5, 5.41) is 18.9. The fourth-order valence-electron chi connectivity index (χ4n) is 0.880. The molecular weight excluding hydrogens is 257 g/mol. The average Bonchev–Trinajstić information content (AvgIpc) is 2.12. The molecule has 0 heterocycles. The Balaban J connectivity index is 4.43. The Labute approximate surface area is 110 Å². The van der Waals surface area contributed by atoms with E-state index in [1.165, 1.54) is 13.8 Å². The molecule has 18 heavy (non-hydrogen) atoms.